The van der Waals surface area contributed by atoms with E-state index >= 15 is 0 Å². The molecule has 0 aromatic heterocycles. The fourth-order valence-electron chi connectivity index (χ4n) is 6.37. The fourth-order valence-corrected chi connectivity index (χ4v) is 8.44. The van der Waals surface area contributed by atoms with Gasteiger partial charge in [0.1, 0.15) is 0 Å². The van der Waals surface area contributed by atoms with Crippen LogP contribution in [0, 0.1) is 17.8 Å². The van der Waals surface area contributed by atoms with Gasteiger partial charge < -0.3 is 5.32 Å². The van der Waals surface area contributed by atoms with Crippen LogP contribution >= 0.6 is 0 Å². The minimum absolute atomic E-state index is 0.00503. The Balaban J connectivity index is 1.35. The predicted octanol–water partition coefficient (Wildman–Crippen LogP) is 1.71. The molecule has 1 saturated carbocycles. The zero-order chi connectivity index (χ0) is 20.6. The minimum atomic E-state index is -3.12. The molecule has 4 aliphatic rings. The highest BCUT2D eigenvalue weighted by molar-refractivity contribution is 7.89. The van der Waals surface area contributed by atoms with Crippen molar-refractivity contribution >= 4 is 15.9 Å². The molecular formula is C21H38N4O3S. The number of piperidine rings is 2. The molecule has 3 heterocycles. The lowest BCUT2D eigenvalue weighted by Crippen LogP contribution is -2.49. The molecule has 3 saturated heterocycles. The number of carbonyl (C=O) groups excluding carboxylic acids is 1. The molecule has 29 heavy (non-hydrogen) atoms. The van der Waals surface area contributed by atoms with Crippen molar-refractivity contribution in [2.24, 2.45) is 17.8 Å². The van der Waals surface area contributed by atoms with Gasteiger partial charge >= 0.3 is 0 Å². The maximum absolute atomic E-state index is 13.0. The topological polar surface area (TPSA) is 81.8 Å². The second-order valence-corrected chi connectivity index (χ2v) is 11.9. The summed E-state index contributed by atoms with van der Waals surface area (Å²) in [4.78, 5) is 12.4. The lowest BCUT2D eigenvalue weighted by Gasteiger charge is -2.42. The fraction of sp³-hybridized carbons (Fsp3) is 0.952. The van der Waals surface area contributed by atoms with Gasteiger partial charge in [-0.3, -0.25) is 10.2 Å². The standard InChI is InChI=1S/C21H38N4O3S/c1-15-20(21(26)22-2)19-14-17(10-13-25(19)23-15)16-8-11-24(12-9-16)29(27,28)18-6-4-3-5-7-18/h15-20,23H,3-14H2,1-2H3,(H,22,26). The molecule has 0 bridgehead atoms. The van der Waals surface area contributed by atoms with Crippen molar-refractivity contribution in [1.29, 1.82) is 0 Å². The molecule has 0 aromatic rings. The van der Waals surface area contributed by atoms with Crippen molar-refractivity contribution in [3.63, 3.8) is 0 Å². The lowest BCUT2D eigenvalue weighted by atomic mass is 9.74. The van der Waals surface area contributed by atoms with E-state index < -0.39 is 10.0 Å². The number of amides is 1. The quantitative estimate of drug-likeness (QED) is 0.715. The van der Waals surface area contributed by atoms with E-state index in [0.717, 1.165) is 57.9 Å². The number of rotatable bonds is 4. The van der Waals surface area contributed by atoms with E-state index in [-0.39, 0.29) is 29.2 Å². The van der Waals surface area contributed by atoms with Crippen molar-refractivity contribution in [2.75, 3.05) is 26.7 Å². The summed E-state index contributed by atoms with van der Waals surface area (Å²) in [5.74, 6) is 1.30. The van der Waals surface area contributed by atoms with Gasteiger partial charge in [0.05, 0.1) is 11.2 Å². The predicted molar refractivity (Wildman–Crippen MR) is 113 cm³/mol. The Morgan fingerprint density at radius 1 is 0.966 bits per heavy atom. The van der Waals surface area contributed by atoms with E-state index in [1.807, 2.05) is 0 Å². The van der Waals surface area contributed by atoms with Gasteiger partial charge in [-0.15, -0.1) is 0 Å². The number of nitrogens with one attached hydrogen (secondary N) is 2. The summed E-state index contributed by atoms with van der Waals surface area (Å²) in [7, 11) is -1.40. The molecule has 1 amide bonds. The first-order valence-corrected chi connectivity index (χ1v) is 13.2. The smallest absolute Gasteiger partial charge is 0.226 e. The Morgan fingerprint density at radius 2 is 1.62 bits per heavy atom. The highest BCUT2D eigenvalue weighted by atomic mass is 32.2. The third-order valence-electron chi connectivity index (χ3n) is 8.06. The van der Waals surface area contributed by atoms with E-state index in [0.29, 0.717) is 24.9 Å². The van der Waals surface area contributed by atoms with Crippen LogP contribution in [0.1, 0.15) is 64.7 Å². The minimum Gasteiger partial charge on any atom is -0.359 e. The van der Waals surface area contributed by atoms with E-state index in [1.165, 1.54) is 6.42 Å². The molecule has 3 aliphatic heterocycles. The van der Waals surface area contributed by atoms with E-state index in [4.69, 9.17) is 0 Å². The molecular weight excluding hydrogens is 388 g/mol. The molecule has 4 unspecified atom stereocenters. The first-order chi connectivity index (χ1) is 13.9. The van der Waals surface area contributed by atoms with Gasteiger partial charge in [0.25, 0.3) is 0 Å². The van der Waals surface area contributed by atoms with E-state index in [9.17, 15) is 13.2 Å². The van der Waals surface area contributed by atoms with Crippen LogP contribution < -0.4 is 10.7 Å². The molecule has 4 rings (SSSR count). The number of nitrogens with zero attached hydrogens (tertiary/aromatic N) is 2. The Kier molecular flexibility index (Phi) is 6.54. The van der Waals surface area contributed by atoms with Crippen LogP contribution in [0.3, 0.4) is 0 Å². The van der Waals surface area contributed by atoms with Gasteiger partial charge in [-0.1, -0.05) is 19.3 Å². The van der Waals surface area contributed by atoms with Crippen molar-refractivity contribution in [3.05, 3.63) is 0 Å². The number of fused-ring (bicyclic) bond motifs is 1. The van der Waals surface area contributed by atoms with Gasteiger partial charge in [-0.25, -0.2) is 17.7 Å². The normalized spacial score (nSPS) is 36.1. The zero-order valence-corrected chi connectivity index (χ0v) is 18.8. The summed E-state index contributed by atoms with van der Waals surface area (Å²) in [6.07, 6.45) is 9.08. The van der Waals surface area contributed by atoms with Crippen LogP contribution in [0.25, 0.3) is 0 Å². The monoisotopic (exact) mass is 426 g/mol. The van der Waals surface area contributed by atoms with Crippen molar-refractivity contribution < 1.29 is 13.2 Å². The molecule has 7 nitrogen and oxygen atoms in total. The summed E-state index contributed by atoms with van der Waals surface area (Å²) in [6.45, 7) is 4.44. The van der Waals surface area contributed by atoms with Gasteiger partial charge in [0.2, 0.25) is 15.9 Å². The SMILES string of the molecule is CNC(=O)C1C(C)NN2CCC(C3CCN(S(=O)(=O)C4CCCCC4)CC3)CC12. The molecule has 0 spiro atoms. The van der Waals surface area contributed by atoms with E-state index in [2.05, 4.69) is 22.7 Å². The molecule has 166 valence electrons. The maximum atomic E-state index is 13.0. The average molecular weight is 427 g/mol. The maximum Gasteiger partial charge on any atom is 0.226 e. The summed E-state index contributed by atoms with van der Waals surface area (Å²) >= 11 is 0. The van der Waals surface area contributed by atoms with Crippen LogP contribution in [0.4, 0.5) is 0 Å². The Labute approximate surface area is 176 Å². The van der Waals surface area contributed by atoms with Crippen LogP contribution in [0.2, 0.25) is 0 Å². The number of sulfonamides is 1. The highest BCUT2D eigenvalue weighted by Gasteiger charge is 2.47. The first kappa shape index (κ1) is 21.5. The van der Waals surface area contributed by atoms with Gasteiger partial charge in [-0.05, 0) is 57.3 Å². The third-order valence-corrected chi connectivity index (χ3v) is 10.5. The van der Waals surface area contributed by atoms with Crippen molar-refractivity contribution in [2.45, 2.75) is 82.0 Å². The van der Waals surface area contributed by atoms with Crippen LogP contribution in [-0.2, 0) is 14.8 Å². The highest BCUT2D eigenvalue weighted by Crippen LogP contribution is 2.40. The summed E-state index contributed by atoms with van der Waals surface area (Å²) in [5.41, 5.74) is 3.49. The van der Waals surface area contributed by atoms with Gasteiger partial charge in [-0.2, -0.15) is 0 Å². The second kappa shape index (κ2) is 8.81. The molecule has 0 radical (unpaired) electrons. The number of hydrogen-bond donors (Lipinski definition) is 2. The zero-order valence-electron chi connectivity index (χ0n) is 18.0. The number of hydrazine groups is 1. The lowest BCUT2D eigenvalue weighted by molar-refractivity contribution is -0.126. The van der Waals surface area contributed by atoms with Crippen LogP contribution in [-0.4, -0.2) is 67.7 Å². The number of carbonyl (C=O) groups is 1. The van der Waals surface area contributed by atoms with Gasteiger partial charge in [0, 0.05) is 38.8 Å². The molecule has 2 N–H and O–H groups in total. The molecule has 4 atom stereocenters. The number of hydrogen-bond acceptors (Lipinski definition) is 5. The molecule has 8 heteroatoms. The Hall–Kier alpha value is -0.700. The molecule has 1 aliphatic carbocycles. The summed E-state index contributed by atoms with van der Waals surface area (Å²) in [6, 6.07) is 0.425. The molecule has 0 aromatic carbocycles. The third kappa shape index (κ3) is 4.23. The van der Waals surface area contributed by atoms with Crippen molar-refractivity contribution in [3.8, 4) is 0 Å². The van der Waals surface area contributed by atoms with Gasteiger partial charge in [0.15, 0.2) is 0 Å². The Bertz CT molecular complexity index is 686. The second-order valence-electron chi connectivity index (χ2n) is 9.64. The average Bonchev–Trinajstić information content (AvgIpc) is 3.08. The summed E-state index contributed by atoms with van der Waals surface area (Å²) in [5, 5.41) is 4.98. The van der Waals surface area contributed by atoms with Crippen LogP contribution in [0.5, 0.6) is 0 Å². The largest absolute Gasteiger partial charge is 0.359 e. The van der Waals surface area contributed by atoms with E-state index in [1.54, 1.807) is 11.4 Å². The Morgan fingerprint density at radius 3 is 2.28 bits per heavy atom. The summed E-state index contributed by atoms with van der Waals surface area (Å²) < 4.78 is 27.8. The first-order valence-electron chi connectivity index (χ1n) is 11.6. The van der Waals surface area contributed by atoms with Crippen molar-refractivity contribution in [1.82, 2.24) is 20.1 Å². The molecule has 4 fully saturated rings. The van der Waals surface area contributed by atoms with Crippen LogP contribution in [0.15, 0.2) is 0 Å².